The average Bonchev–Trinajstić information content (AvgIpc) is 3.46. The van der Waals surface area contributed by atoms with E-state index in [9.17, 15) is 9.59 Å². The number of ether oxygens (including phenoxy) is 1. The summed E-state index contributed by atoms with van der Waals surface area (Å²) in [6.45, 7) is 13.0. The van der Waals surface area contributed by atoms with Crippen LogP contribution >= 0.6 is 11.8 Å². The Morgan fingerprint density at radius 2 is 1.84 bits per heavy atom. The lowest BCUT2D eigenvalue weighted by Crippen LogP contribution is -2.48. The molecule has 32 heavy (non-hydrogen) atoms. The summed E-state index contributed by atoms with van der Waals surface area (Å²) in [5.41, 5.74) is 1.70. The summed E-state index contributed by atoms with van der Waals surface area (Å²) in [6, 6.07) is 2.31. The van der Waals surface area contributed by atoms with Crippen molar-refractivity contribution in [2.24, 2.45) is 0 Å². The zero-order valence-electron chi connectivity index (χ0n) is 20.0. The molecular weight excluding hydrogens is 426 g/mol. The number of thioether (sulfide) groups is 1. The molecule has 0 aromatic carbocycles. The van der Waals surface area contributed by atoms with E-state index in [0.29, 0.717) is 19.0 Å². The van der Waals surface area contributed by atoms with Crippen molar-refractivity contribution in [1.29, 1.82) is 0 Å². The molecule has 4 rings (SSSR count). The Morgan fingerprint density at radius 3 is 2.41 bits per heavy atom. The van der Waals surface area contributed by atoms with Crippen LogP contribution in [0.25, 0.3) is 0 Å². The molecule has 2 amide bonds. The quantitative estimate of drug-likeness (QED) is 0.686. The second-order valence-corrected chi connectivity index (χ2v) is 11.4. The Kier molecular flexibility index (Phi) is 6.77. The number of piperidine rings is 1. The molecule has 3 saturated heterocycles. The number of nitrogens with zero attached hydrogens (tertiary/aromatic N) is 5. The third kappa shape index (κ3) is 5.09. The van der Waals surface area contributed by atoms with Gasteiger partial charge in [-0.2, -0.15) is 5.10 Å². The molecule has 0 bridgehead atoms. The highest BCUT2D eigenvalue weighted by Gasteiger charge is 2.45. The van der Waals surface area contributed by atoms with E-state index in [4.69, 9.17) is 4.74 Å². The molecule has 2 atom stereocenters. The van der Waals surface area contributed by atoms with E-state index in [1.54, 1.807) is 16.7 Å². The lowest BCUT2D eigenvalue weighted by molar-refractivity contribution is -0.134. The predicted octanol–water partition coefficient (Wildman–Crippen LogP) is 3.05. The molecule has 3 fully saturated rings. The van der Waals surface area contributed by atoms with Crippen LogP contribution in [0, 0.1) is 13.8 Å². The molecule has 0 unspecified atom stereocenters. The Labute approximate surface area is 195 Å². The lowest BCUT2D eigenvalue weighted by Gasteiger charge is -2.36. The minimum atomic E-state index is -0.579. The molecule has 0 aliphatic carbocycles. The van der Waals surface area contributed by atoms with Crippen molar-refractivity contribution >= 4 is 23.8 Å². The van der Waals surface area contributed by atoms with Crippen LogP contribution in [0.4, 0.5) is 4.79 Å². The maximum absolute atomic E-state index is 13.3. The molecule has 0 N–H and O–H groups in total. The molecule has 0 saturated carbocycles. The smallest absolute Gasteiger partial charge is 0.411 e. The van der Waals surface area contributed by atoms with Gasteiger partial charge in [-0.15, -0.1) is 11.8 Å². The standard InChI is InChI=1S/C23H37N5O3S/c1-16-12-17(2)28(24-16)18-6-8-25(9-7-18)19-13-20(21(29)26-10-11-32-15-26)27(14-19)22(30)31-23(3,4)5/h12,18-20H,6-11,13-15H2,1-5H3/t19-,20-/m0/s1. The van der Waals surface area contributed by atoms with Crippen LogP contribution in [-0.4, -0.2) is 92.0 Å². The summed E-state index contributed by atoms with van der Waals surface area (Å²) >= 11 is 1.77. The molecule has 1 aromatic rings. The van der Waals surface area contributed by atoms with Gasteiger partial charge in [0.2, 0.25) is 5.91 Å². The fourth-order valence-electron chi connectivity index (χ4n) is 5.14. The minimum Gasteiger partial charge on any atom is -0.444 e. The van der Waals surface area contributed by atoms with Crippen LogP contribution in [0.1, 0.15) is 57.5 Å². The topological polar surface area (TPSA) is 70.9 Å². The van der Waals surface area contributed by atoms with E-state index in [2.05, 4.69) is 27.7 Å². The summed E-state index contributed by atoms with van der Waals surface area (Å²) in [6.07, 6.45) is 2.38. The number of rotatable bonds is 3. The van der Waals surface area contributed by atoms with Gasteiger partial charge in [0.1, 0.15) is 11.6 Å². The lowest BCUT2D eigenvalue weighted by atomic mass is 10.0. The molecule has 8 nitrogen and oxygen atoms in total. The van der Waals surface area contributed by atoms with Gasteiger partial charge in [-0.05, 0) is 59.9 Å². The first kappa shape index (κ1) is 23.4. The summed E-state index contributed by atoms with van der Waals surface area (Å²) in [5, 5.41) is 4.68. The van der Waals surface area contributed by atoms with Crippen molar-refractivity contribution in [3.63, 3.8) is 0 Å². The highest BCUT2D eigenvalue weighted by Crippen LogP contribution is 2.31. The van der Waals surface area contributed by atoms with Gasteiger partial charge in [0.15, 0.2) is 0 Å². The Morgan fingerprint density at radius 1 is 1.12 bits per heavy atom. The van der Waals surface area contributed by atoms with Gasteiger partial charge >= 0.3 is 6.09 Å². The van der Waals surface area contributed by atoms with Crippen LogP contribution in [0.3, 0.4) is 0 Å². The van der Waals surface area contributed by atoms with Crippen molar-refractivity contribution in [3.8, 4) is 0 Å². The van der Waals surface area contributed by atoms with Crippen molar-refractivity contribution < 1.29 is 14.3 Å². The Bertz CT molecular complexity index is 837. The maximum atomic E-state index is 13.3. The molecule has 178 valence electrons. The van der Waals surface area contributed by atoms with Gasteiger partial charge in [-0.3, -0.25) is 19.3 Å². The van der Waals surface area contributed by atoms with Gasteiger partial charge in [0, 0.05) is 43.7 Å². The van der Waals surface area contributed by atoms with Crippen LogP contribution in [0.2, 0.25) is 0 Å². The monoisotopic (exact) mass is 463 g/mol. The van der Waals surface area contributed by atoms with Crippen molar-refractivity contribution in [3.05, 3.63) is 17.5 Å². The Balaban J connectivity index is 1.43. The number of hydrogen-bond donors (Lipinski definition) is 0. The zero-order valence-corrected chi connectivity index (χ0v) is 20.9. The number of aromatic nitrogens is 2. The van der Waals surface area contributed by atoms with Crippen LogP contribution < -0.4 is 0 Å². The fraction of sp³-hybridized carbons (Fsp3) is 0.783. The third-order valence-corrected chi connectivity index (χ3v) is 7.63. The number of carbonyl (C=O) groups is 2. The highest BCUT2D eigenvalue weighted by molar-refractivity contribution is 7.99. The largest absolute Gasteiger partial charge is 0.444 e. The summed E-state index contributed by atoms with van der Waals surface area (Å²) in [5.74, 6) is 1.76. The first-order chi connectivity index (χ1) is 15.1. The van der Waals surface area contributed by atoms with Gasteiger partial charge in [-0.1, -0.05) is 0 Å². The van der Waals surface area contributed by atoms with Crippen LogP contribution in [0.15, 0.2) is 6.07 Å². The van der Waals surface area contributed by atoms with E-state index in [-0.39, 0.29) is 18.0 Å². The van der Waals surface area contributed by atoms with E-state index in [1.807, 2.05) is 32.6 Å². The third-order valence-electron chi connectivity index (χ3n) is 6.66. The number of amides is 2. The van der Waals surface area contributed by atoms with Crippen molar-refractivity contribution in [2.75, 3.05) is 37.8 Å². The molecule has 3 aliphatic rings. The molecule has 4 heterocycles. The molecule has 1 aromatic heterocycles. The zero-order chi connectivity index (χ0) is 23.0. The summed E-state index contributed by atoms with van der Waals surface area (Å²) in [4.78, 5) is 32.3. The van der Waals surface area contributed by atoms with Gasteiger partial charge in [-0.25, -0.2) is 4.79 Å². The fourth-order valence-corrected chi connectivity index (χ4v) is 6.10. The van der Waals surface area contributed by atoms with Gasteiger partial charge < -0.3 is 9.64 Å². The van der Waals surface area contributed by atoms with Gasteiger partial charge in [0.25, 0.3) is 0 Å². The van der Waals surface area contributed by atoms with E-state index < -0.39 is 11.6 Å². The van der Waals surface area contributed by atoms with E-state index in [0.717, 1.165) is 49.8 Å². The Hall–Kier alpha value is -1.74. The first-order valence-electron chi connectivity index (χ1n) is 11.8. The normalized spacial score (nSPS) is 25.5. The molecule has 0 spiro atoms. The van der Waals surface area contributed by atoms with Crippen molar-refractivity contribution in [1.82, 2.24) is 24.5 Å². The average molecular weight is 464 g/mol. The second kappa shape index (κ2) is 9.25. The molecule has 9 heteroatoms. The van der Waals surface area contributed by atoms with Crippen LogP contribution in [-0.2, 0) is 9.53 Å². The maximum Gasteiger partial charge on any atom is 0.411 e. The number of hydrogen-bond acceptors (Lipinski definition) is 6. The van der Waals surface area contributed by atoms with Gasteiger partial charge in [0.05, 0.1) is 17.6 Å². The van der Waals surface area contributed by atoms with Crippen LogP contribution in [0.5, 0.6) is 0 Å². The molecular formula is C23H37N5O3S. The van der Waals surface area contributed by atoms with E-state index in [1.165, 1.54) is 5.69 Å². The molecule has 0 radical (unpaired) electrons. The first-order valence-corrected chi connectivity index (χ1v) is 12.9. The van der Waals surface area contributed by atoms with Crippen molar-refractivity contribution in [2.45, 2.75) is 77.6 Å². The minimum absolute atomic E-state index is 0.0703. The SMILES string of the molecule is Cc1cc(C)n(C2CCN([C@H]3C[C@@H](C(=O)N4CCSC4)N(C(=O)OC(C)(C)C)C3)CC2)n1. The highest BCUT2D eigenvalue weighted by atomic mass is 32.2. The summed E-state index contributed by atoms with van der Waals surface area (Å²) < 4.78 is 7.84. The number of carbonyl (C=O) groups excluding carboxylic acids is 2. The number of aryl methyl sites for hydroxylation is 2. The molecule has 3 aliphatic heterocycles. The summed E-state index contributed by atoms with van der Waals surface area (Å²) in [7, 11) is 0. The predicted molar refractivity (Wildman–Crippen MR) is 126 cm³/mol. The second-order valence-electron chi connectivity index (χ2n) is 10.3. The van der Waals surface area contributed by atoms with E-state index >= 15 is 0 Å². The number of likely N-dealkylation sites (tertiary alicyclic amines) is 2.